The fourth-order valence-corrected chi connectivity index (χ4v) is 3.69. The van der Waals surface area contributed by atoms with Gasteiger partial charge in [-0.15, -0.1) is 0 Å². The molecule has 0 aliphatic heterocycles. The standard InChI is InChI=1S/C18H15BrN2.HI/c1-10-15-9-21(3)7-6-13(15)11(2)18-17(10)14-8-12(19)4-5-16(14)20-18;/h4-9H,1-3H3;1H. The number of pyridine rings is 1. The smallest absolute Gasteiger partial charge is 0.176 e. The van der Waals surface area contributed by atoms with Crippen molar-refractivity contribution in [3.63, 3.8) is 0 Å². The average molecular weight is 467 g/mol. The van der Waals surface area contributed by atoms with Gasteiger partial charge in [-0.25, -0.2) is 4.57 Å². The molecular formula is C18H16BrIN2. The maximum atomic E-state index is 3.59. The number of aryl methyl sites for hydroxylation is 3. The summed E-state index contributed by atoms with van der Waals surface area (Å²) in [4.78, 5) is 3.59. The van der Waals surface area contributed by atoms with Gasteiger partial charge in [0.1, 0.15) is 7.05 Å². The molecule has 0 spiro atoms. The third-order valence-electron chi connectivity index (χ3n) is 4.42. The zero-order valence-electron chi connectivity index (χ0n) is 12.7. The monoisotopic (exact) mass is 466 g/mol. The highest BCUT2D eigenvalue weighted by Crippen LogP contribution is 2.36. The van der Waals surface area contributed by atoms with Crippen molar-refractivity contribution in [3.05, 3.63) is 52.3 Å². The van der Waals surface area contributed by atoms with E-state index in [9.17, 15) is 0 Å². The van der Waals surface area contributed by atoms with E-state index in [0.29, 0.717) is 0 Å². The van der Waals surface area contributed by atoms with E-state index in [1.165, 1.54) is 43.7 Å². The first kappa shape index (κ1) is 15.7. The Morgan fingerprint density at radius 1 is 1.00 bits per heavy atom. The lowest BCUT2D eigenvalue weighted by molar-refractivity contribution is -0.670. The number of aromatic amines is 1. The van der Waals surface area contributed by atoms with Crippen molar-refractivity contribution < 1.29 is 28.5 Å². The molecular weight excluding hydrogens is 451 g/mol. The molecule has 0 radical (unpaired) electrons. The van der Waals surface area contributed by atoms with Crippen molar-refractivity contribution in [2.24, 2.45) is 7.05 Å². The third kappa shape index (κ3) is 2.15. The molecule has 0 aliphatic rings. The van der Waals surface area contributed by atoms with Gasteiger partial charge in [-0.1, -0.05) is 15.9 Å². The predicted molar refractivity (Wildman–Crippen MR) is 91.7 cm³/mol. The average Bonchev–Trinajstić information content (AvgIpc) is 2.83. The molecule has 2 aromatic heterocycles. The lowest BCUT2D eigenvalue weighted by Gasteiger charge is -2.07. The SMILES string of the molecule is Cc1c2cc[n+](C)cc2c(C)c2c1[nH]c1ccc(Br)cc12.[I-]. The van der Waals surface area contributed by atoms with Gasteiger partial charge in [0.05, 0.1) is 5.52 Å². The van der Waals surface area contributed by atoms with Crippen LogP contribution in [-0.2, 0) is 7.05 Å². The Morgan fingerprint density at radius 2 is 1.77 bits per heavy atom. The van der Waals surface area contributed by atoms with Crippen molar-refractivity contribution in [2.45, 2.75) is 13.8 Å². The van der Waals surface area contributed by atoms with E-state index in [1.807, 2.05) is 0 Å². The molecule has 0 amide bonds. The second-order valence-electron chi connectivity index (χ2n) is 5.75. The van der Waals surface area contributed by atoms with E-state index in [4.69, 9.17) is 0 Å². The molecule has 1 N–H and O–H groups in total. The highest BCUT2D eigenvalue weighted by Gasteiger charge is 2.15. The zero-order chi connectivity index (χ0) is 14.7. The Labute approximate surface area is 154 Å². The van der Waals surface area contributed by atoms with Crippen LogP contribution in [-0.4, -0.2) is 4.98 Å². The van der Waals surface area contributed by atoms with Crippen LogP contribution in [0.25, 0.3) is 32.6 Å². The van der Waals surface area contributed by atoms with Crippen LogP contribution in [0.1, 0.15) is 11.1 Å². The summed E-state index contributed by atoms with van der Waals surface area (Å²) in [5.41, 5.74) is 5.10. The number of nitrogens with zero attached hydrogens (tertiary/aromatic N) is 1. The first-order chi connectivity index (χ1) is 10.1. The molecule has 0 atom stereocenters. The quantitative estimate of drug-likeness (QED) is 0.300. The summed E-state index contributed by atoms with van der Waals surface area (Å²) < 4.78 is 3.23. The Bertz CT molecular complexity index is 1030. The number of nitrogens with one attached hydrogen (secondary N) is 1. The van der Waals surface area contributed by atoms with E-state index in [0.717, 1.165) is 4.47 Å². The minimum Gasteiger partial charge on any atom is -1.00 e. The van der Waals surface area contributed by atoms with Crippen LogP contribution < -0.4 is 28.5 Å². The number of aromatic nitrogens is 2. The van der Waals surface area contributed by atoms with Crippen molar-refractivity contribution in [2.75, 3.05) is 0 Å². The van der Waals surface area contributed by atoms with E-state index < -0.39 is 0 Å². The topological polar surface area (TPSA) is 19.7 Å². The highest BCUT2D eigenvalue weighted by atomic mass is 127. The molecule has 4 aromatic rings. The van der Waals surface area contributed by atoms with Gasteiger partial charge >= 0.3 is 0 Å². The van der Waals surface area contributed by atoms with Gasteiger partial charge in [0.15, 0.2) is 12.4 Å². The maximum absolute atomic E-state index is 3.59. The molecule has 22 heavy (non-hydrogen) atoms. The van der Waals surface area contributed by atoms with Gasteiger partial charge in [-0.05, 0) is 48.6 Å². The summed E-state index contributed by atoms with van der Waals surface area (Å²) in [7, 11) is 2.07. The molecule has 4 rings (SSSR count). The number of halogens is 2. The molecule has 0 fully saturated rings. The Hall–Kier alpha value is -1.14. The number of hydrogen-bond acceptors (Lipinski definition) is 0. The summed E-state index contributed by atoms with van der Waals surface area (Å²) in [5.74, 6) is 0. The van der Waals surface area contributed by atoms with Gasteiger partial charge < -0.3 is 29.0 Å². The second-order valence-corrected chi connectivity index (χ2v) is 6.67. The lowest BCUT2D eigenvalue weighted by Crippen LogP contribution is -3.00. The van der Waals surface area contributed by atoms with Crippen molar-refractivity contribution >= 4 is 48.5 Å². The summed E-state index contributed by atoms with van der Waals surface area (Å²) >= 11 is 3.59. The molecule has 2 heterocycles. The number of benzene rings is 2. The largest absolute Gasteiger partial charge is 1.00 e. The summed E-state index contributed by atoms with van der Waals surface area (Å²) in [6.45, 7) is 4.42. The molecule has 2 nitrogen and oxygen atoms in total. The van der Waals surface area contributed by atoms with Crippen LogP contribution in [0, 0.1) is 13.8 Å². The van der Waals surface area contributed by atoms with Gasteiger partial charge in [0, 0.05) is 32.2 Å². The number of fused-ring (bicyclic) bond motifs is 4. The molecule has 0 unspecified atom stereocenters. The number of hydrogen-bond donors (Lipinski definition) is 1. The molecule has 2 aromatic carbocycles. The van der Waals surface area contributed by atoms with Gasteiger partial charge in [0.2, 0.25) is 0 Å². The number of rotatable bonds is 0. The minimum atomic E-state index is 0. The molecule has 4 heteroatoms. The van der Waals surface area contributed by atoms with Crippen molar-refractivity contribution in [3.8, 4) is 0 Å². The third-order valence-corrected chi connectivity index (χ3v) is 4.91. The summed E-state index contributed by atoms with van der Waals surface area (Å²) in [6, 6.07) is 8.64. The fraction of sp³-hybridized carbons (Fsp3) is 0.167. The molecule has 0 bridgehead atoms. The van der Waals surface area contributed by atoms with Crippen LogP contribution in [0.15, 0.2) is 41.1 Å². The van der Waals surface area contributed by atoms with Crippen LogP contribution in [0.3, 0.4) is 0 Å². The van der Waals surface area contributed by atoms with Gasteiger partial charge in [-0.3, -0.25) is 0 Å². The van der Waals surface area contributed by atoms with E-state index in [1.54, 1.807) is 0 Å². The van der Waals surface area contributed by atoms with E-state index in [-0.39, 0.29) is 24.0 Å². The molecule has 112 valence electrons. The highest BCUT2D eigenvalue weighted by molar-refractivity contribution is 9.10. The number of H-pyrrole nitrogens is 1. The summed E-state index contributed by atoms with van der Waals surface area (Å²) in [6.07, 6.45) is 4.33. The molecule has 0 saturated heterocycles. The first-order valence-electron chi connectivity index (χ1n) is 7.05. The normalized spacial score (nSPS) is 11.3. The lowest BCUT2D eigenvalue weighted by atomic mass is 9.97. The Kier molecular flexibility index (Phi) is 3.93. The van der Waals surface area contributed by atoms with Crippen LogP contribution in [0.4, 0.5) is 0 Å². The first-order valence-corrected chi connectivity index (χ1v) is 7.84. The minimum absolute atomic E-state index is 0. The molecule has 0 saturated carbocycles. The van der Waals surface area contributed by atoms with E-state index in [2.05, 4.69) is 83.0 Å². The molecule has 0 aliphatic carbocycles. The maximum Gasteiger partial charge on any atom is 0.176 e. The predicted octanol–water partition coefficient (Wildman–Crippen LogP) is 1.68. The fourth-order valence-electron chi connectivity index (χ4n) is 3.33. The van der Waals surface area contributed by atoms with Crippen LogP contribution in [0.5, 0.6) is 0 Å². The van der Waals surface area contributed by atoms with E-state index >= 15 is 0 Å². The van der Waals surface area contributed by atoms with Gasteiger partial charge in [-0.2, -0.15) is 0 Å². The Balaban J connectivity index is 0.00000144. The van der Waals surface area contributed by atoms with Gasteiger partial charge in [0.25, 0.3) is 0 Å². The Morgan fingerprint density at radius 3 is 2.55 bits per heavy atom. The van der Waals surface area contributed by atoms with Crippen molar-refractivity contribution in [1.82, 2.24) is 4.98 Å². The summed E-state index contributed by atoms with van der Waals surface area (Å²) in [5, 5.41) is 5.27. The van der Waals surface area contributed by atoms with Crippen LogP contribution >= 0.6 is 15.9 Å². The zero-order valence-corrected chi connectivity index (χ0v) is 16.4. The van der Waals surface area contributed by atoms with Crippen LogP contribution in [0.2, 0.25) is 0 Å². The second kappa shape index (κ2) is 5.49. The van der Waals surface area contributed by atoms with Crippen molar-refractivity contribution in [1.29, 1.82) is 0 Å².